The lowest BCUT2D eigenvalue weighted by Crippen LogP contribution is -2.37. The van der Waals surface area contributed by atoms with Crippen molar-refractivity contribution in [1.29, 1.82) is 0 Å². The van der Waals surface area contributed by atoms with Crippen LogP contribution < -0.4 is 5.32 Å². The first-order valence-corrected chi connectivity index (χ1v) is 7.81. The molecule has 0 radical (unpaired) electrons. The predicted octanol–water partition coefficient (Wildman–Crippen LogP) is 2.35. The van der Waals surface area contributed by atoms with Crippen molar-refractivity contribution in [2.45, 2.75) is 51.7 Å². The minimum atomic E-state index is -0.379. The van der Waals surface area contributed by atoms with E-state index in [1.165, 1.54) is 12.8 Å². The van der Waals surface area contributed by atoms with Gasteiger partial charge in [0, 0.05) is 12.6 Å². The minimum Gasteiger partial charge on any atom is -0.389 e. The molecule has 0 aromatic rings. The molecule has 0 aromatic heterocycles. The summed E-state index contributed by atoms with van der Waals surface area (Å²) in [6.45, 7) is 6.38. The van der Waals surface area contributed by atoms with Gasteiger partial charge in [0.05, 0.1) is 19.3 Å². The molecule has 0 aromatic carbocycles. The highest BCUT2D eigenvalue weighted by molar-refractivity contribution is 4.93. The van der Waals surface area contributed by atoms with Crippen LogP contribution in [0.5, 0.6) is 0 Å². The molecule has 0 saturated heterocycles. The van der Waals surface area contributed by atoms with E-state index in [1.54, 1.807) is 0 Å². The number of aliphatic hydroxyl groups excluding tert-OH is 1. The van der Waals surface area contributed by atoms with Crippen molar-refractivity contribution < 1.29 is 9.84 Å². The van der Waals surface area contributed by atoms with Gasteiger partial charge in [0.1, 0.15) is 0 Å². The first-order valence-electron chi connectivity index (χ1n) is 7.81. The molecule has 4 atom stereocenters. The standard InChI is InChI=1S/C16H29NO2/c1-12-5-3-4-6-15(12)10-19-11-16(18)9-17-13(2)14-7-8-14/h3-4,12-18H,5-11H2,1-2H3. The fourth-order valence-electron chi connectivity index (χ4n) is 2.74. The van der Waals surface area contributed by atoms with Gasteiger partial charge in [0.2, 0.25) is 0 Å². The molecule has 3 heteroatoms. The quantitative estimate of drug-likeness (QED) is 0.663. The third kappa shape index (κ3) is 5.25. The van der Waals surface area contributed by atoms with Gasteiger partial charge in [0.15, 0.2) is 0 Å². The van der Waals surface area contributed by atoms with Crippen molar-refractivity contribution in [3.05, 3.63) is 12.2 Å². The van der Waals surface area contributed by atoms with Gasteiger partial charge in [-0.15, -0.1) is 0 Å². The van der Waals surface area contributed by atoms with Crippen LogP contribution in [0.4, 0.5) is 0 Å². The Balaban J connectivity index is 1.53. The van der Waals surface area contributed by atoms with Crippen LogP contribution in [0.25, 0.3) is 0 Å². The second kappa shape index (κ2) is 7.41. The molecular weight excluding hydrogens is 238 g/mol. The Labute approximate surface area is 117 Å². The lowest BCUT2D eigenvalue weighted by Gasteiger charge is -2.25. The largest absolute Gasteiger partial charge is 0.389 e. The summed E-state index contributed by atoms with van der Waals surface area (Å²) < 4.78 is 5.69. The molecule has 19 heavy (non-hydrogen) atoms. The van der Waals surface area contributed by atoms with Crippen LogP contribution >= 0.6 is 0 Å². The molecule has 2 aliphatic rings. The van der Waals surface area contributed by atoms with Gasteiger partial charge in [-0.25, -0.2) is 0 Å². The zero-order valence-electron chi connectivity index (χ0n) is 12.3. The van der Waals surface area contributed by atoms with Crippen molar-refractivity contribution in [3.63, 3.8) is 0 Å². The summed E-state index contributed by atoms with van der Waals surface area (Å²) in [5.74, 6) is 2.16. The Kier molecular flexibility index (Phi) is 5.86. The van der Waals surface area contributed by atoms with Crippen LogP contribution in [0.3, 0.4) is 0 Å². The minimum absolute atomic E-state index is 0.379. The third-order valence-electron chi connectivity index (χ3n) is 4.56. The Morgan fingerprint density at radius 1 is 1.32 bits per heavy atom. The highest BCUT2D eigenvalue weighted by Gasteiger charge is 2.27. The zero-order chi connectivity index (χ0) is 13.7. The molecule has 0 aliphatic heterocycles. The molecule has 4 unspecified atom stereocenters. The summed E-state index contributed by atoms with van der Waals surface area (Å²) in [5, 5.41) is 13.3. The van der Waals surface area contributed by atoms with E-state index in [-0.39, 0.29) is 6.10 Å². The highest BCUT2D eigenvalue weighted by Crippen LogP contribution is 2.32. The number of ether oxygens (including phenoxy) is 1. The van der Waals surface area contributed by atoms with Gasteiger partial charge in [-0.1, -0.05) is 19.1 Å². The molecule has 2 aliphatic carbocycles. The van der Waals surface area contributed by atoms with E-state index in [0.29, 0.717) is 31.0 Å². The Bertz CT molecular complexity index is 288. The number of hydrogen-bond donors (Lipinski definition) is 2. The summed E-state index contributed by atoms with van der Waals surface area (Å²) in [6.07, 6.45) is 9.10. The molecule has 3 nitrogen and oxygen atoms in total. The van der Waals surface area contributed by atoms with E-state index in [4.69, 9.17) is 4.74 Å². The van der Waals surface area contributed by atoms with Crippen molar-refractivity contribution in [2.75, 3.05) is 19.8 Å². The van der Waals surface area contributed by atoms with Crippen LogP contribution in [0.1, 0.15) is 39.5 Å². The van der Waals surface area contributed by atoms with Gasteiger partial charge < -0.3 is 15.2 Å². The van der Waals surface area contributed by atoms with Gasteiger partial charge in [-0.05, 0) is 50.4 Å². The normalized spacial score (nSPS) is 30.3. The maximum atomic E-state index is 9.89. The van der Waals surface area contributed by atoms with Crippen LogP contribution in [-0.2, 0) is 4.74 Å². The highest BCUT2D eigenvalue weighted by atomic mass is 16.5. The second-order valence-electron chi connectivity index (χ2n) is 6.41. The zero-order valence-corrected chi connectivity index (χ0v) is 12.3. The van der Waals surface area contributed by atoms with E-state index in [9.17, 15) is 5.11 Å². The van der Waals surface area contributed by atoms with Crippen LogP contribution in [0, 0.1) is 17.8 Å². The maximum absolute atomic E-state index is 9.89. The smallest absolute Gasteiger partial charge is 0.0897 e. The van der Waals surface area contributed by atoms with Crippen LogP contribution in [0.15, 0.2) is 12.2 Å². The molecule has 0 bridgehead atoms. The van der Waals surface area contributed by atoms with E-state index in [0.717, 1.165) is 25.4 Å². The van der Waals surface area contributed by atoms with Gasteiger partial charge in [0.25, 0.3) is 0 Å². The number of nitrogens with one attached hydrogen (secondary N) is 1. The van der Waals surface area contributed by atoms with E-state index < -0.39 is 0 Å². The molecule has 2 rings (SSSR count). The second-order valence-corrected chi connectivity index (χ2v) is 6.41. The Morgan fingerprint density at radius 2 is 2.05 bits per heavy atom. The number of rotatable bonds is 8. The monoisotopic (exact) mass is 267 g/mol. The van der Waals surface area contributed by atoms with Crippen molar-refractivity contribution in [3.8, 4) is 0 Å². The summed E-state index contributed by atoms with van der Waals surface area (Å²) in [7, 11) is 0. The molecule has 0 amide bonds. The number of allylic oxidation sites excluding steroid dienone is 2. The predicted molar refractivity (Wildman–Crippen MR) is 78.0 cm³/mol. The molecule has 1 saturated carbocycles. The molecule has 2 N–H and O–H groups in total. The van der Waals surface area contributed by atoms with Gasteiger partial charge in [-0.2, -0.15) is 0 Å². The molecule has 0 spiro atoms. The Morgan fingerprint density at radius 3 is 2.74 bits per heavy atom. The van der Waals surface area contributed by atoms with Gasteiger partial charge in [-0.3, -0.25) is 0 Å². The Hall–Kier alpha value is -0.380. The van der Waals surface area contributed by atoms with E-state index >= 15 is 0 Å². The van der Waals surface area contributed by atoms with Crippen molar-refractivity contribution in [1.82, 2.24) is 5.32 Å². The molecule has 1 fully saturated rings. The fourth-order valence-corrected chi connectivity index (χ4v) is 2.74. The van der Waals surface area contributed by atoms with Gasteiger partial charge >= 0.3 is 0 Å². The number of hydrogen-bond acceptors (Lipinski definition) is 3. The van der Waals surface area contributed by atoms with E-state index in [1.807, 2.05) is 0 Å². The van der Waals surface area contributed by atoms with Crippen LogP contribution in [0.2, 0.25) is 0 Å². The van der Waals surface area contributed by atoms with Crippen molar-refractivity contribution in [2.24, 2.45) is 17.8 Å². The summed E-state index contributed by atoms with van der Waals surface area (Å²) in [5.41, 5.74) is 0. The number of aliphatic hydroxyl groups is 1. The molecular formula is C16H29NO2. The lowest BCUT2D eigenvalue weighted by molar-refractivity contribution is 0.0118. The fraction of sp³-hybridized carbons (Fsp3) is 0.875. The SMILES string of the molecule is CC1CC=CCC1COCC(O)CNC(C)C1CC1. The van der Waals surface area contributed by atoms with E-state index in [2.05, 4.69) is 31.3 Å². The third-order valence-corrected chi connectivity index (χ3v) is 4.56. The first-order chi connectivity index (χ1) is 9.16. The lowest BCUT2D eigenvalue weighted by atomic mass is 9.85. The van der Waals surface area contributed by atoms with Crippen LogP contribution in [-0.4, -0.2) is 37.0 Å². The maximum Gasteiger partial charge on any atom is 0.0897 e. The average Bonchev–Trinajstić information content (AvgIpc) is 3.22. The topological polar surface area (TPSA) is 41.5 Å². The molecule has 110 valence electrons. The molecule has 0 heterocycles. The average molecular weight is 267 g/mol. The first kappa shape index (κ1) is 15.0. The van der Waals surface area contributed by atoms with Crippen molar-refractivity contribution >= 4 is 0 Å². The summed E-state index contributed by atoms with van der Waals surface area (Å²) >= 11 is 0. The summed E-state index contributed by atoms with van der Waals surface area (Å²) in [6, 6.07) is 0.540. The summed E-state index contributed by atoms with van der Waals surface area (Å²) in [4.78, 5) is 0.